The van der Waals surface area contributed by atoms with Gasteiger partial charge in [0.15, 0.2) is 11.5 Å². The van der Waals surface area contributed by atoms with Gasteiger partial charge in [-0.2, -0.15) is 0 Å². The van der Waals surface area contributed by atoms with Crippen LogP contribution >= 0.6 is 0 Å². The van der Waals surface area contributed by atoms with Crippen LogP contribution in [0.4, 0.5) is 11.5 Å². The summed E-state index contributed by atoms with van der Waals surface area (Å²) in [6.07, 6.45) is 0.431. The SMILES string of the molecule is Nc1ncnc2c1ncn2[C@@]1(C(=O)OCCc2ccc([N+](=O)[O-])cc2)C[C@H](O)[C@@H](CO)O1. The fourth-order valence-corrected chi connectivity index (χ4v) is 3.61. The lowest BCUT2D eigenvalue weighted by atomic mass is 10.1. The molecule has 1 saturated heterocycles. The first-order chi connectivity index (χ1) is 15.4. The number of nitrogens with zero attached hydrogens (tertiary/aromatic N) is 5. The summed E-state index contributed by atoms with van der Waals surface area (Å²) in [7, 11) is 0. The average molecular weight is 444 g/mol. The van der Waals surface area contributed by atoms with Gasteiger partial charge in [-0.25, -0.2) is 19.7 Å². The first-order valence-corrected chi connectivity index (χ1v) is 9.67. The number of aliphatic hydroxyl groups is 2. The summed E-state index contributed by atoms with van der Waals surface area (Å²) in [6.45, 7) is -0.561. The Bertz CT molecular complexity index is 1150. The number of non-ortho nitro benzene ring substituents is 1. The Kier molecular flexibility index (Phi) is 5.69. The Labute approximate surface area is 180 Å². The molecule has 3 heterocycles. The minimum absolute atomic E-state index is 0.0404. The number of esters is 1. The highest BCUT2D eigenvalue weighted by atomic mass is 16.6. The van der Waals surface area contributed by atoms with Crippen molar-refractivity contribution in [1.82, 2.24) is 19.5 Å². The lowest BCUT2D eigenvalue weighted by molar-refractivity contribution is -0.384. The zero-order chi connectivity index (χ0) is 22.9. The van der Waals surface area contributed by atoms with Gasteiger partial charge >= 0.3 is 5.97 Å². The normalized spacial score (nSPS) is 22.8. The van der Waals surface area contributed by atoms with E-state index in [1.54, 1.807) is 12.1 Å². The number of hydrogen-bond acceptors (Lipinski definition) is 11. The molecule has 0 spiro atoms. The molecular formula is C19H20N6O7. The Hall–Kier alpha value is -3.68. The standard InChI is InChI=1S/C19H20N6O7/c20-16-15-17(22-9-21-16)24(10-23-15)19(7-13(27)14(8-26)32-19)18(28)31-6-5-11-1-3-12(4-2-11)25(29)30/h1-4,9-10,13-14,26-27H,5-8H2,(H2,20,21,22)/t13-,14+,19-/m0/s1. The highest BCUT2D eigenvalue weighted by molar-refractivity contribution is 5.85. The fraction of sp³-hybridized carbons (Fsp3) is 0.368. The summed E-state index contributed by atoms with van der Waals surface area (Å²) in [4.78, 5) is 35.6. The van der Waals surface area contributed by atoms with Crippen LogP contribution in [-0.2, 0) is 26.4 Å². The second-order valence-electron chi connectivity index (χ2n) is 7.25. The molecule has 1 aliphatic heterocycles. The number of nitrogens with two attached hydrogens (primary N) is 1. The lowest BCUT2D eigenvalue weighted by Crippen LogP contribution is -2.44. The van der Waals surface area contributed by atoms with Crippen molar-refractivity contribution in [1.29, 1.82) is 0 Å². The summed E-state index contributed by atoms with van der Waals surface area (Å²) in [5.74, 6) is -0.710. The van der Waals surface area contributed by atoms with E-state index in [0.717, 1.165) is 5.56 Å². The largest absolute Gasteiger partial charge is 0.462 e. The number of anilines is 1. The van der Waals surface area contributed by atoms with Crippen LogP contribution in [0.3, 0.4) is 0 Å². The molecule has 0 unspecified atom stereocenters. The van der Waals surface area contributed by atoms with E-state index < -0.39 is 35.4 Å². The van der Waals surface area contributed by atoms with Crippen LogP contribution in [0.2, 0.25) is 0 Å². The maximum Gasteiger partial charge on any atom is 0.360 e. The molecule has 13 heteroatoms. The molecule has 0 radical (unpaired) electrons. The topological polar surface area (TPSA) is 189 Å². The van der Waals surface area contributed by atoms with Crippen molar-refractivity contribution in [2.75, 3.05) is 18.9 Å². The number of nitrogen functional groups attached to an aromatic ring is 1. The number of carbonyl (C=O) groups excluding carboxylic acids is 1. The molecule has 0 saturated carbocycles. The van der Waals surface area contributed by atoms with E-state index in [4.69, 9.17) is 15.2 Å². The van der Waals surface area contributed by atoms with Crippen molar-refractivity contribution in [2.45, 2.75) is 30.8 Å². The van der Waals surface area contributed by atoms with Crippen LogP contribution in [0, 0.1) is 10.1 Å². The highest BCUT2D eigenvalue weighted by Crippen LogP contribution is 2.38. The van der Waals surface area contributed by atoms with Gasteiger partial charge in [-0.1, -0.05) is 12.1 Å². The van der Waals surface area contributed by atoms with Crippen LogP contribution in [0.25, 0.3) is 11.2 Å². The van der Waals surface area contributed by atoms with Crippen molar-refractivity contribution in [2.24, 2.45) is 0 Å². The number of benzene rings is 1. The summed E-state index contributed by atoms with van der Waals surface area (Å²) < 4.78 is 12.5. The molecule has 0 bridgehead atoms. The number of hydrogen-bond donors (Lipinski definition) is 3. The Morgan fingerprint density at radius 3 is 2.75 bits per heavy atom. The second-order valence-corrected chi connectivity index (χ2v) is 7.25. The number of nitro benzene ring substituents is 1. The summed E-state index contributed by atoms with van der Waals surface area (Å²) >= 11 is 0. The van der Waals surface area contributed by atoms with Gasteiger partial charge in [-0.3, -0.25) is 14.7 Å². The molecule has 13 nitrogen and oxygen atoms in total. The zero-order valence-electron chi connectivity index (χ0n) is 16.7. The number of fused-ring (bicyclic) bond motifs is 1. The predicted molar refractivity (Wildman–Crippen MR) is 108 cm³/mol. The molecule has 32 heavy (non-hydrogen) atoms. The second kappa shape index (κ2) is 8.45. The van der Waals surface area contributed by atoms with E-state index in [2.05, 4.69) is 15.0 Å². The Morgan fingerprint density at radius 1 is 1.34 bits per heavy atom. The molecule has 4 N–H and O–H groups in total. The number of ether oxygens (including phenoxy) is 2. The molecular weight excluding hydrogens is 424 g/mol. The number of aliphatic hydroxyl groups excluding tert-OH is 2. The maximum absolute atomic E-state index is 13.2. The van der Waals surface area contributed by atoms with Crippen molar-refractivity contribution < 1.29 is 29.4 Å². The fourth-order valence-electron chi connectivity index (χ4n) is 3.61. The number of aromatic nitrogens is 4. The van der Waals surface area contributed by atoms with Crippen LogP contribution in [0.1, 0.15) is 12.0 Å². The summed E-state index contributed by atoms with van der Waals surface area (Å²) in [5.41, 5.74) is 5.14. The molecule has 3 atom stereocenters. The average Bonchev–Trinajstić information content (AvgIpc) is 3.36. The van der Waals surface area contributed by atoms with Gasteiger partial charge < -0.3 is 25.4 Å². The lowest BCUT2D eigenvalue weighted by Gasteiger charge is -2.28. The summed E-state index contributed by atoms with van der Waals surface area (Å²) in [6, 6.07) is 5.87. The van der Waals surface area contributed by atoms with Gasteiger partial charge in [-0.15, -0.1) is 0 Å². The molecule has 0 aliphatic carbocycles. The van der Waals surface area contributed by atoms with Crippen LogP contribution in [0.5, 0.6) is 0 Å². The van der Waals surface area contributed by atoms with E-state index in [1.807, 2.05) is 0 Å². The molecule has 0 amide bonds. The van der Waals surface area contributed by atoms with E-state index in [-0.39, 0.29) is 35.7 Å². The minimum Gasteiger partial charge on any atom is -0.462 e. The first-order valence-electron chi connectivity index (χ1n) is 9.67. The smallest absolute Gasteiger partial charge is 0.360 e. The third-order valence-electron chi connectivity index (χ3n) is 5.28. The van der Waals surface area contributed by atoms with Gasteiger partial charge in [0, 0.05) is 25.0 Å². The van der Waals surface area contributed by atoms with Crippen LogP contribution < -0.4 is 5.73 Å². The molecule has 4 rings (SSSR count). The molecule has 1 fully saturated rings. The zero-order valence-corrected chi connectivity index (χ0v) is 16.7. The van der Waals surface area contributed by atoms with Crippen molar-refractivity contribution in [3.8, 4) is 0 Å². The van der Waals surface area contributed by atoms with Crippen molar-refractivity contribution >= 4 is 28.6 Å². The summed E-state index contributed by atoms with van der Waals surface area (Å²) in [5, 5.41) is 30.6. The predicted octanol–water partition coefficient (Wildman–Crippen LogP) is -0.103. The van der Waals surface area contributed by atoms with Gasteiger partial charge in [0.1, 0.15) is 24.3 Å². The monoisotopic (exact) mass is 444 g/mol. The maximum atomic E-state index is 13.2. The molecule has 3 aromatic rings. The van der Waals surface area contributed by atoms with Crippen molar-refractivity contribution in [3.05, 3.63) is 52.6 Å². The number of imidazole rings is 1. The van der Waals surface area contributed by atoms with E-state index >= 15 is 0 Å². The third-order valence-corrected chi connectivity index (χ3v) is 5.28. The quantitative estimate of drug-likeness (QED) is 0.251. The molecule has 168 valence electrons. The Morgan fingerprint density at radius 2 is 2.09 bits per heavy atom. The number of rotatable bonds is 7. The van der Waals surface area contributed by atoms with Crippen LogP contribution in [-0.4, -0.2) is 66.0 Å². The minimum atomic E-state index is -1.82. The van der Waals surface area contributed by atoms with E-state index in [9.17, 15) is 25.1 Å². The highest BCUT2D eigenvalue weighted by Gasteiger charge is 2.55. The molecule has 2 aromatic heterocycles. The Balaban J connectivity index is 1.57. The van der Waals surface area contributed by atoms with E-state index in [0.29, 0.717) is 6.42 Å². The number of nitro groups is 1. The van der Waals surface area contributed by atoms with Gasteiger partial charge in [0.2, 0.25) is 5.72 Å². The molecule has 1 aliphatic rings. The first kappa shape index (κ1) is 21.5. The van der Waals surface area contributed by atoms with Crippen molar-refractivity contribution in [3.63, 3.8) is 0 Å². The number of carbonyl (C=O) groups is 1. The van der Waals surface area contributed by atoms with Gasteiger partial charge in [0.05, 0.1) is 24.2 Å². The third kappa shape index (κ3) is 3.72. The van der Waals surface area contributed by atoms with E-state index in [1.165, 1.54) is 29.4 Å². The van der Waals surface area contributed by atoms with Gasteiger partial charge in [-0.05, 0) is 5.56 Å². The van der Waals surface area contributed by atoms with Gasteiger partial charge in [0.25, 0.3) is 5.69 Å². The molecule has 1 aromatic carbocycles. The van der Waals surface area contributed by atoms with Crippen LogP contribution in [0.15, 0.2) is 36.9 Å².